The molecule has 1 amide bonds. The number of carbonyl (C=O) groups excluding carboxylic acids is 1. The molecule has 21 heavy (non-hydrogen) atoms. The summed E-state index contributed by atoms with van der Waals surface area (Å²) in [5.74, 6) is 0.862. The molecule has 5 heteroatoms. The highest BCUT2D eigenvalue weighted by Crippen LogP contribution is 2.22. The van der Waals surface area contributed by atoms with Crippen LogP contribution >= 0.6 is 0 Å². The zero-order chi connectivity index (χ0) is 15.7. The van der Waals surface area contributed by atoms with Crippen molar-refractivity contribution in [2.24, 2.45) is 0 Å². The number of benzene rings is 1. The molecule has 1 aromatic rings. The zero-order valence-electron chi connectivity index (χ0n) is 13.4. The Labute approximate surface area is 127 Å². The molecule has 0 aromatic heterocycles. The average molecular weight is 294 g/mol. The van der Waals surface area contributed by atoms with Gasteiger partial charge in [0, 0.05) is 13.7 Å². The lowest BCUT2D eigenvalue weighted by Crippen LogP contribution is -2.42. The predicted molar refractivity (Wildman–Crippen MR) is 83.8 cm³/mol. The van der Waals surface area contributed by atoms with E-state index in [1.807, 2.05) is 39.0 Å². The molecule has 0 saturated carbocycles. The van der Waals surface area contributed by atoms with Gasteiger partial charge in [0.05, 0.1) is 19.2 Å². The molecule has 0 heterocycles. The molecule has 0 bridgehead atoms. The molecule has 0 aliphatic heterocycles. The van der Waals surface area contributed by atoms with Gasteiger partial charge in [-0.3, -0.25) is 4.79 Å². The zero-order valence-corrected chi connectivity index (χ0v) is 13.4. The van der Waals surface area contributed by atoms with Crippen molar-refractivity contribution in [1.82, 2.24) is 10.6 Å². The molecule has 1 unspecified atom stereocenters. The van der Waals surface area contributed by atoms with Gasteiger partial charge in [0.15, 0.2) is 0 Å². The minimum Gasteiger partial charge on any atom is -0.491 e. The third-order valence-electron chi connectivity index (χ3n) is 3.06. The van der Waals surface area contributed by atoms with E-state index < -0.39 is 0 Å². The minimum absolute atomic E-state index is 0.0382. The van der Waals surface area contributed by atoms with Gasteiger partial charge >= 0.3 is 0 Å². The third kappa shape index (κ3) is 6.60. The van der Waals surface area contributed by atoms with Gasteiger partial charge in [-0.1, -0.05) is 18.2 Å². The molecule has 1 atom stereocenters. The topological polar surface area (TPSA) is 59.6 Å². The van der Waals surface area contributed by atoms with Gasteiger partial charge in [-0.25, -0.2) is 0 Å². The highest BCUT2D eigenvalue weighted by atomic mass is 16.5. The number of amides is 1. The first kappa shape index (κ1) is 17.5. The van der Waals surface area contributed by atoms with Crippen molar-refractivity contribution in [3.63, 3.8) is 0 Å². The fraction of sp³-hybridized carbons (Fsp3) is 0.562. The summed E-state index contributed by atoms with van der Waals surface area (Å²) in [6, 6.07) is 6.01. The Morgan fingerprint density at radius 1 is 1.29 bits per heavy atom. The summed E-state index contributed by atoms with van der Waals surface area (Å²) in [5.41, 5.74) is 2.21. The maximum Gasteiger partial charge on any atom is 0.234 e. The van der Waals surface area contributed by atoms with Crippen LogP contribution in [0.4, 0.5) is 0 Å². The van der Waals surface area contributed by atoms with Crippen LogP contribution in [-0.2, 0) is 9.53 Å². The molecule has 0 radical (unpaired) electrons. The molecular weight excluding hydrogens is 268 g/mol. The Kier molecular flexibility index (Phi) is 7.79. The average Bonchev–Trinajstić information content (AvgIpc) is 2.43. The standard InChI is InChI=1S/C16H26N2O3/c1-12-6-5-7-13(2)16(12)21-11-14(3)18-15(19)10-17-8-9-20-4/h5-7,14,17H,8-11H2,1-4H3,(H,18,19). The molecule has 0 fully saturated rings. The van der Waals surface area contributed by atoms with Crippen molar-refractivity contribution in [2.75, 3.05) is 33.4 Å². The van der Waals surface area contributed by atoms with Gasteiger partial charge in [-0.2, -0.15) is 0 Å². The van der Waals surface area contributed by atoms with E-state index in [4.69, 9.17) is 9.47 Å². The van der Waals surface area contributed by atoms with Gasteiger partial charge < -0.3 is 20.1 Å². The maximum atomic E-state index is 11.7. The number of aryl methyl sites for hydroxylation is 2. The molecule has 0 saturated heterocycles. The third-order valence-corrected chi connectivity index (χ3v) is 3.06. The second-order valence-electron chi connectivity index (χ2n) is 5.17. The number of ether oxygens (including phenoxy) is 2. The van der Waals surface area contributed by atoms with E-state index in [1.165, 1.54) is 0 Å². The van der Waals surface area contributed by atoms with Crippen molar-refractivity contribution in [2.45, 2.75) is 26.8 Å². The Hall–Kier alpha value is -1.59. The van der Waals surface area contributed by atoms with Crippen LogP contribution in [0.1, 0.15) is 18.1 Å². The second kappa shape index (κ2) is 9.37. The number of rotatable bonds is 9. The fourth-order valence-electron chi connectivity index (χ4n) is 1.98. The lowest BCUT2D eigenvalue weighted by molar-refractivity contribution is -0.121. The first-order valence-electron chi connectivity index (χ1n) is 7.22. The summed E-state index contributed by atoms with van der Waals surface area (Å²) < 4.78 is 10.7. The van der Waals surface area contributed by atoms with E-state index in [0.29, 0.717) is 19.8 Å². The fourth-order valence-corrected chi connectivity index (χ4v) is 1.98. The first-order chi connectivity index (χ1) is 10.0. The summed E-state index contributed by atoms with van der Waals surface area (Å²) in [5, 5.41) is 5.90. The SMILES string of the molecule is COCCNCC(=O)NC(C)COc1c(C)cccc1C. The summed E-state index contributed by atoms with van der Waals surface area (Å²) in [7, 11) is 1.63. The van der Waals surface area contributed by atoms with Crippen molar-refractivity contribution in [1.29, 1.82) is 0 Å². The smallest absolute Gasteiger partial charge is 0.234 e. The molecule has 5 nitrogen and oxygen atoms in total. The molecule has 0 aliphatic rings. The number of hydrogen-bond donors (Lipinski definition) is 2. The van der Waals surface area contributed by atoms with Crippen molar-refractivity contribution < 1.29 is 14.3 Å². The van der Waals surface area contributed by atoms with Crippen LogP contribution in [0.3, 0.4) is 0 Å². The largest absolute Gasteiger partial charge is 0.491 e. The van der Waals surface area contributed by atoms with Gasteiger partial charge in [-0.05, 0) is 31.9 Å². The highest BCUT2D eigenvalue weighted by Gasteiger charge is 2.09. The molecular formula is C16H26N2O3. The van der Waals surface area contributed by atoms with Crippen molar-refractivity contribution in [3.05, 3.63) is 29.3 Å². The van der Waals surface area contributed by atoms with Crippen LogP contribution in [0, 0.1) is 13.8 Å². The van der Waals surface area contributed by atoms with E-state index >= 15 is 0 Å². The normalized spacial score (nSPS) is 12.0. The Morgan fingerprint density at radius 2 is 1.95 bits per heavy atom. The van der Waals surface area contributed by atoms with Gasteiger partial charge in [-0.15, -0.1) is 0 Å². The molecule has 1 rings (SSSR count). The van der Waals surface area contributed by atoms with E-state index in [-0.39, 0.29) is 18.5 Å². The Morgan fingerprint density at radius 3 is 2.57 bits per heavy atom. The number of nitrogens with one attached hydrogen (secondary N) is 2. The lowest BCUT2D eigenvalue weighted by Gasteiger charge is -2.17. The molecule has 0 spiro atoms. The van der Waals surface area contributed by atoms with Crippen LogP contribution < -0.4 is 15.4 Å². The van der Waals surface area contributed by atoms with Crippen LogP contribution in [0.15, 0.2) is 18.2 Å². The summed E-state index contributed by atoms with van der Waals surface area (Å²) >= 11 is 0. The molecule has 2 N–H and O–H groups in total. The number of carbonyl (C=O) groups is 1. The summed E-state index contributed by atoms with van der Waals surface area (Å²) in [6.45, 7) is 7.97. The predicted octanol–water partition coefficient (Wildman–Crippen LogP) is 1.42. The Bertz CT molecular complexity index is 429. The van der Waals surface area contributed by atoms with Crippen molar-refractivity contribution >= 4 is 5.91 Å². The van der Waals surface area contributed by atoms with E-state index in [9.17, 15) is 4.79 Å². The number of para-hydroxylation sites is 1. The van der Waals surface area contributed by atoms with Crippen LogP contribution in [0.25, 0.3) is 0 Å². The quantitative estimate of drug-likeness (QED) is 0.676. The first-order valence-corrected chi connectivity index (χ1v) is 7.22. The molecule has 0 aliphatic carbocycles. The molecule has 118 valence electrons. The summed E-state index contributed by atoms with van der Waals surface area (Å²) in [4.78, 5) is 11.7. The lowest BCUT2D eigenvalue weighted by atomic mass is 10.1. The number of methoxy groups -OCH3 is 1. The molecule has 1 aromatic carbocycles. The second-order valence-corrected chi connectivity index (χ2v) is 5.17. The monoisotopic (exact) mass is 294 g/mol. The minimum atomic E-state index is -0.0410. The van der Waals surface area contributed by atoms with E-state index in [2.05, 4.69) is 10.6 Å². The maximum absolute atomic E-state index is 11.7. The van der Waals surface area contributed by atoms with Gasteiger partial charge in [0.1, 0.15) is 12.4 Å². The van der Waals surface area contributed by atoms with E-state index in [1.54, 1.807) is 7.11 Å². The van der Waals surface area contributed by atoms with E-state index in [0.717, 1.165) is 16.9 Å². The number of hydrogen-bond acceptors (Lipinski definition) is 4. The van der Waals surface area contributed by atoms with Gasteiger partial charge in [0.25, 0.3) is 0 Å². The van der Waals surface area contributed by atoms with Crippen LogP contribution in [0.5, 0.6) is 5.75 Å². The Balaban J connectivity index is 2.30. The van der Waals surface area contributed by atoms with Crippen LogP contribution in [-0.4, -0.2) is 45.4 Å². The van der Waals surface area contributed by atoms with Crippen LogP contribution in [0.2, 0.25) is 0 Å². The van der Waals surface area contributed by atoms with Crippen molar-refractivity contribution in [3.8, 4) is 5.75 Å². The highest BCUT2D eigenvalue weighted by molar-refractivity contribution is 5.78. The van der Waals surface area contributed by atoms with Gasteiger partial charge in [0.2, 0.25) is 5.91 Å². The summed E-state index contributed by atoms with van der Waals surface area (Å²) in [6.07, 6.45) is 0.